The molecule has 0 bridgehead atoms. The molecule has 1 atom stereocenters. The number of nitrogens with zero attached hydrogens (tertiary/aromatic N) is 1. The molecule has 0 aromatic carbocycles. The third-order valence-electron chi connectivity index (χ3n) is 1.68. The van der Waals surface area contributed by atoms with Crippen LogP contribution < -0.4 is 0 Å². The van der Waals surface area contributed by atoms with Crippen LogP contribution in [0.15, 0.2) is 0 Å². The van der Waals surface area contributed by atoms with Crippen molar-refractivity contribution < 1.29 is 9.90 Å². The van der Waals surface area contributed by atoms with Crippen LogP contribution in [0.4, 0.5) is 0 Å². The maximum atomic E-state index is 10.4. The molecule has 1 unspecified atom stereocenters. The number of hydrogen-bond acceptors (Lipinski definition) is 2. The van der Waals surface area contributed by atoms with Crippen LogP contribution in [0.5, 0.6) is 0 Å². The van der Waals surface area contributed by atoms with Crippen LogP contribution in [0.3, 0.4) is 0 Å². The van der Waals surface area contributed by atoms with E-state index in [2.05, 4.69) is 0 Å². The predicted octanol–water partition coefficient (Wildman–Crippen LogP) is 1.79. The fourth-order valence-corrected chi connectivity index (χ4v) is 0.930. The normalized spacial score (nSPS) is 12.0. The highest BCUT2D eigenvalue weighted by atomic mass is 16.4. The Kier molecular flexibility index (Phi) is 5.18. The topological polar surface area (TPSA) is 61.1 Å². The molecule has 0 saturated carbocycles. The zero-order valence-corrected chi connectivity index (χ0v) is 6.71. The molecule has 0 amide bonds. The van der Waals surface area contributed by atoms with Gasteiger partial charge in [0, 0.05) is 6.42 Å². The summed E-state index contributed by atoms with van der Waals surface area (Å²) in [6.45, 7) is 1.85. The van der Waals surface area contributed by atoms with Gasteiger partial charge in [-0.05, 0) is 19.3 Å². The first-order chi connectivity index (χ1) is 5.22. The Labute approximate surface area is 66.6 Å². The van der Waals surface area contributed by atoms with Gasteiger partial charge in [0.1, 0.15) is 0 Å². The van der Waals surface area contributed by atoms with E-state index in [4.69, 9.17) is 10.4 Å². The van der Waals surface area contributed by atoms with E-state index in [0.29, 0.717) is 25.7 Å². The van der Waals surface area contributed by atoms with Crippen molar-refractivity contribution in [3.63, 3.8) is 0 Å². The second-order valence-electron chi connectivity index (χ2n) is 2.49. The largest absolute Gasteiger partial charge is 0.481 e. The third-order valence-corrected chi connectivity index (χ3v) is 1.68. The second kappa shape index (κ2) is 5.72. The van der Waals surface area contributed by atoms with E-state index in [1.54, 1.807) is 0 Å². The van der Waals surface area contributed by atoms with E-state index < -0.39 is 5.97 Å². The number of carboxylic acids is 1. The zero-order valence-electron chi connectivity index (χ0n) is 6.71. The molecule has 11 heavy (non-hydrogen) atoms. The zero-order chi connectivity index (χ0) is 8.69. The summed E-state index contributed by atoms with van der Waals surface area (Å²) in [7, 11) is 0. The Bertz CT molecular complexity index is 160. The maximum absolute atomic E-state index is 10.4. The Hall–Kier alpha value is -1.04. The number of aliphatic carboxylic acids is 1. The molecule has 0 fully saturated rings. The molecule has 1 N–H and O–H groups in total. The first-order valence-electron chi connectivity index (χ1n) is 3.82. The SMILES string of the molecule is CCC(CCCC#N)C(=O)O. The molecule has 0 aliphatic rings. The van der Waals surface area contributed by atoms with Gasteiger partial charge in [0.2, 0.25) is 0 Å². The van der Waals surface area contributed by atoms with Crippen molar-refractivity contribution >= 4 is 5.97 Å². The van der Waals surface area contributed by atoms with E-state index in [-0.39, 0.29) is 5.92 Å². The lowest BCUT2D eigenvalue weighted by Crippen LogP contribution is -2.11. The lowest BCUT2D eigenvalue weighted by Gasteiger charge is -2.06. The molecular weight excluding hydrogens is 142 g/mol. The van der Waals surface area contributed by atoms with Gasteiger partial charge in [-0.3, -0.25) is 4.79 Å². The van der Waals surface area contributed by atoms with E-state index in [1.165, 1.54) is 0 Å². The van der Waals surface area contributed by atoms with E-state index in [1.807, 2.05) is 13.0 Å². The van der Waals surface area contributed by atoms with E-state index in [0.717, 1.165) is 0 Å². The molecule has 0 aliphatic heterocycles. The Morgan fingerprint density at radius 2 is 2.36 bits per heavy atom. The summed E-state index contributed by atoms with van der Waals surface area (Å²) < 4.78 is 0. The lowest BCUT2D eigenvalue weighted by atomic mass is 10.00. The molecular formula is C8H13NO2. The van der Waals surface area contributed by atoms with Crippen molar-refractivity contribution in [1.29, 1.82) is 5.26 Å². The fraction of sp³-hybridized carbons (Fsp3) is 0.750. The number of unbranched alkanes of at least 4 members (excludes halogenated alkanes) is 1. The molecule has 0 radical (unpaired) electrons. The monoisotopic (exact) mass is 155 g/mol. The Morgan fingerprint density at radius 3 is 2.73 bits per heavy atom. The molecule has 0 saturated heterocycles. The van der Waals surface area contributed by atoms with Crippen molar-refractivity contribution in [2.45, 2.75) is 32.6 Å². The molecule has 62 valence electrons. The van der Waals surface area contributed by atoms with E-state index >= 15 is 0 Å². The summed E-state index contributed by atoms with van der Waals surface area (Å²) >= 11 is 0. The maximum Gasteiger partial charge on any atom is 0.306 e. The predicted molar refractivity (Wildman–Crippen MR) is 40.9 cm³/mol. The molecule has 0 heterocycles. The summed E-state index contributed by atoms with van der Waals surface area (Å²) in [6.07, 6.45) is 2.44. The van der Waals surface area contributed by atoms with Crippen molar-refractivity contribution in [2.24, 2.45) is 5.92 Å². The van der Waals surface area contributed by atoms with Crippen molar-refractivity contribution in [1.82, 2.24) is 0 Å². The second-order valence-corrected chi connectivity index (χ2v) is 2.49. The van der Waals surface area contributed by atoms with Crippen molar-refractivity contribution in [3.8, 4) is 6.07 Å². The Morgan fingerprint density at radius 1 is 1.73 bits per heavy atom. The van der Waals surface area contributed by atoms with Gasteiger partial charge in [0.15, 0.2) is 0 Å². The molecule has 0 aliphatic carbocycles. The summed E-state index contributed by atoms with van der Waals surface area (Å²) in [5.74, 6) is -1.01. The Balaban J connectivity index is 3.54. The number of rotatable bonds is 5. The van der Waals surface area contributed by atoms with Gasteiger partial charge < -0.3 is 5.11 Å². The minimum absolute atomic E-state index is 0.261. The molecule has 0 rings (SSSR count). The molecule has 0 aromatic rings. The van der Waals surface area contributed by atoms with Crippen LogP contribution in [-0.2, 0) is 4.79 Å². The van der Waals surface area contributed by atoms with Crippen LogP contribution in [0, 0.1) is 17.2 Å². The highest BCUT2D eigenvalue weighted by Gasteiger charge is 2.13. The summed E-state index contributed by atoms with van der Waals surface area (Å²) in [6, 6.07) is 1.99. The summed E-state index contributed by atoms with van der Waals surface area (Å²) in [4.78, 5) is 10.4. The fourth-order valence-electron chi connectivity index (χ4n) is 0.930. The van der Waals surface area contributed by atoms with Crippen molar-refractivity contribution in [3.05, 3.63) is 0 Å². The number of carbonyl (C=O) groups is 1. The average molecular weight is 155 g/mol. The number of nitriles is 1. The summed E-state index contributed by atoms with van der Waals surface area (Å²) in [5, 5.41) is 16.8. The molecule has 0 aromatic heterocycles. The van der Waals surface area contributed by atoms with Crippen LogP contribution in [0.2, 0.25) is 0 Å². The standard InChI is InChI=1S/C8H13NO2/c1-2-7(8(10)11)5-3-4-6-9/h7H,2-5H2,1H3,(H,10,11). The lowest BCUT2D eigenvalue weighted by molar-refractivity contribution is -0.142. The van der Waals surface area contributed by atoms with Gasteiger partial charge in [0.05, 0.1) is 12.0 Å². The van der Waals surface area contributed by atoms with Gasteiger partial charge in [-0.25, -0.2) is 0 Å². The van der Waals surface area contributed by atoms with Crippen LogP contribution >= 0.6 is 0 Å². The minimum atomic E-state index is -0.745. The van der Waals surface area contributed by atoms with Gasteiger partial charge in [-0.2, -0.15) is 5.26 Å². The summed E-state index contributed by atoms with van der Waals surface area (Å²) in [5.41, 5.74) is 0. The number of hydrogen-bond donors (Lipinski definition) is 1. The quantitative estimate of drug-likeness (QED) is 0.615. The highest BCUT2D eigenvalue weighted by Crippen LogP contribution is 2.11. The third kappa shape index (κ3) is 4.38. The van der Waals surface area contributed by atoms with Gasteiger partial charge in [-0.1, -0.05) is 6.92 Å². The van der Waals surface area contributed by atoms with Gasteiger partial charge in [-0.15, -0.1) is 0 Å². The number of carboxylic acid groups (broad SMARTS) is 1. The average Bonchev–Trinajstić information content (AvgIpc) is 1.97. The first-order valence-corrected chi connectivity index (χ1v) is 3.82. The van der Waals surface area contributed by atoms with Crippen LogP contribution in [0.1, 0.15) is 32.6 Å². The smallest absolute Gasteiger partial charge is 0.306 e. The van der Waals surface area contributed by atoms with Crippen LogP contribution in [-0.4, -0.2) is 11.1 Å². The van der Waals surface area contributed by atoms with Crippen LogP contribution in [0.25, 0.3) is 0 Å². The molecule has 3 heteroatoms. The molecule has 0 spiro atoms. The first kappa shape index (κ1) is 9.96. The van der Waals surface area contributed by atoms with Gasteiger partial charge in [0.25, 0.3) is 0 Å². The highest BCUT2D eigenvalue weighted by molar-refractivity contribution is 5.69. The van der Waals surface area contributed by atoms with Crippen molar-refractivity contribution in [2.75, 3.05) is 0 Å². The van der Waals surface area contributed by atoms with E-state index in [9.17, 15) is 4.79 Å². The van der Waals surface area contributed by atoms with Gasteiger partial charge >= 0.3 is 5.97 Å². The minimum Gasteiger partial charge on any atom is -0.481 e. The molecule has 3 nitrogen and oxygen atoms in total.